The molecule has 3 N–H and O–H groups in total. The van der Waals surface area contributed by atoms with E-state index in [1.807, 2.05) is 80.6 Å². The Balaban J connectivity index is 1.45. The van der Waals surface area contributed by atoms with Crippen LogP contribution in [0.15, 0.2) is 79.1 Å². The van der Waals surface area contributed by atoms with Gasteiger partial charge in [0.25, 0.3) is 5.91 Å². The molecule has 3 aromatic carbocycles. The fourth-order valence-corrected chi connectivity index (χ4v) is 5.66. The van der Waals surface area contributed by atoms with Gasteiger partial charge in [-0.2, -0.15) is 9.78 Å². The summed E-state index contributed by atoms with van der Waals surface area (Å²) in [4.78, 5) is 26.3. The molecule has 1 aliphatic rings. The van der Waals surface area contributed by atoms with Crippen molar-refractivity contribution in [1.82, 2.24) is 24.7 Å². The highest BCUT2D eigenvalue weighted by Crippen LogP contribution is 2.49. The van der Waals surface area contributed by atoms with Gasteiger partial charge in [0.15, 0.2) is 0 Å². The molecule has 8 nitrogen and oxygen atoms in total. The van der Waals surface area contributed by atoms with Gasteiger partial charge in [0.05, 0.1) is 22.7 Å². The number of benzene rings is 3. The lowest BCUT2D eigenvalue weighted by atomic mass is 9.84. The van der Waals surface area contributed by atoms with Gasteiger partial charge in [-0.25, -0.2) is 9.97 Å². The summed E-state index contributed by atoms with van der Waals surface area (Å²) in [6, 6.07) is 23.4. The van der Waals surface area contributed by atoms with Crippen molar-refractivity contribution in [3.05, 3.63) is 118 Å². The number of aryl methyl sites for hydroxylation is 2. The Morgan fingerprint density at radius 2 is 1.77 bits per heavy atom. The van der Waals surface area contributed by atoms with Gasteiger partial charge in [-0.05, 0) is 49.2 Å². The number of rotatable bonds is 3. The third-order valence-corrected chi connectivity index (χ3v) is 7.59. The Morgan fingerprint density at radius 1 is 1.00 bits per heavy atom. The molecule has 6 aromatic rings. The molecule has 1 aliphatic heterocycles. The largest absolute Gasteiger partial charge is 0.420 e. The molecule has 7 rings (SSSR count). The summed E-state index contributed by atoms with van der Waals surface area (Å²) in [5.41, 5.74) is 13.3. The van der Waals surface area contributed by atoms with Crippen LogP contribution < -0.4 is 10.5 Å². The first kappa shape index (κ1) is 24.1. The summed E-state index contributed by atoms with van der Waals surface area (Å²) < 4.78 is 7.59. The van der Waals surface area contributed by atoms with Crippen LogP contribution in [0.25, 0.3) is 22.0 Å². The number of carbonyl (C=O) groups is 1. The second-order valence-corrected chi connectivity index (χ2v) is 10.3. The molecule has 0 spiro atoms. The zero-order chi connectivity index (χ0) is 27.5. The highest BCUT2D eigenvalue weighted by atomic mass is 35.5. The summed E-state index contributed by atoms with van der Waals surface area (Å²) >= 11 is 6.20. The van der Waals surface area contributed by atoms with Crippen molar-refractivity contribution in [3.63, 3.8) is 0 Å². The fraction of sp³-hybridized carbons (Fsp3) is 0.0968. The van der Waals surface area contributed by atoms with Crippen LogP contribution >= 0.6 is 11.6 Å². The normalized spacial score (nSPS) is 14.0. The first-order valence-electron chi connectivity index (χ1n) is 12.8. The van der Waals surface area contributed by atoms with Crippen LogP contribution in [0.2, 0.25) is 5.02 Å². The van der Waals surface area contributed by atoms with Gasteiger partial charge in [-0.1, -0.05) is 65.7 Å². The predicted molar refractivity (Wildman–Crippen MR) is 154 cm³/mol. The molecule has 4 heterocycles. The van der Waals surface area contributed by atoms with E-state index >= 15 is 0 Å². The maximum atomic E-state index is 14.4. The molecule has 9 heteroatoms. The lowest BCUT2D eigenvalue weighted by Crippen LogP contribution is -2.20. The standard InChI is InChI=1S/C31H23ClN6O2/c1-16-8-13-22-21(14-16)24(18-6-4-3-5-7-18)27(36-22)30(39)38-31-23(17(2)37-38)25(19-9-11-20(32)12-10-19)26-28(33)34-15-35-29(26)40-31/h3-15,25,36H,1-2H3,(H2,33,34,35). The number of aromatic amines is 1. The number of nitrogen functional groups attached to an aromatic ring is 1. The Kier molecular flexibility index (Phi) is 5.47. The SMILES string of the molecule is Cc1ccc2[nH]c(C(=O)n3nc(C)c4c3Oc3ncnc(N)c3C4c3ccc(Cl)cc3)c(-c3ccccc3)c2c1. The average Bonchev–Trinajstić information content (AvgIpc) is 3.50. The lowest BCUT2D eigenvalue weighted by molar-refractivity contribution is 0.0931. The summed E-state index contributed by atoms with van der Waals surface area (Å²) in [6.07, 6.45) is 1.35. The van der Waals surface area contributed by atoms with Crippen LogP contribution in [-0.2, 0) is 0 Å². The number of hydrogen-bond acceptors (Lipinski definition) is 6. The summed E-state index contributed by atoms with van der Waals surface area (Å²) in [6.45, 7) is 3.89. The average molecular weight is 547 g/mol. The Bertz CT molecular complexity index is 1940. The number of ether oxygens (including phenoxy) is 1. The van der Waals surface area contributed by atoms with Gasteiger partial charge < -0.3 is 15.5 Å². The molecule has 0 fully saturated rings. The molecular weight excluding hydrogens is 524 g/mol. The Labute approximate surface area is 234 Å². The van der Waals surface area contributed by atoms with E-state index in [4.69, 9.17) is 27.2 Å². The van der Waals surface area contributed by atoms with Crippen molar-refractivity contribution in [2.24, 2.45) is 0 Å². The van der Waals surface area contributed by atoms with E-state index in [-0.39, 0.29) is 11.8 Å². The van der Waals surface area contributed by atoms with Crippen LogP contribution in [0, 0.1) is 13.8 Å². The molecular formula is C31H23ClN6O2. The predicted octanol–water partition coefficient (Wildman–Crippen LogP) is 6.65. The third-order valence-electron chi connectivity index (χ3n) is 7.34. The number of nitrogens with one attached hydrogen (secondary N) is 1. The number of carbonyl (C=O) groups excluding carboxylic acids is 1. The highest BCUT2D eigenvalue weighted by Gasteiger charge is 2.39. The van der Waals surface area contributed by atoms with Crippen LogP contribution in [0.4, 0.5) is 5.82 Å². The molecule has 0 radical (unpaired) electrons. The highest BCUT2D eigenvalue weighted by molar-refractivity contribution is 6.30. The van der Waals surface area contributed by atoms with Crippen LogP contribution in [0.5, 0.6) is 11.8 Å². The fourth-order valence-electron chi connectivity index (χ4n) is 5.53. The van der Waals surface area contributed by atoms with Crippen molar-refractivity contribution in [2.75, 3.05) is 5.73 Å². The van der Waals surface area contributed by atoms with Crippen molar-refractivity contribution >= 4 is 34.2 Å². The minimum absolute atomic E-state index is 0.282. The topological polar surface area (TPSA) is 112 Å². The number of halogens is 1. The molecule has 1 unspecified atom stereocenters. The molecule has 0 amide bonds. The molecule has 0 aliphatic carbocycles. The van der Waals surface area contributed by atoms with Crippen molar-refractivity contribution in [2.45, 2.75) is 19.8 Å². The minimum Gasteiger partial charge on any atom is -0.420 e. The molecule has 3 aromatic heterocycles. The summed E-state index contributed by atoms with van der Waals surface area (Å²) in [5, 5.41) is 6.27. The minimum atomic E-state index is -0.405. The number of fused-ring (bicyclic) bond motifs is 3. The number of H-pyrrole nitrogens is 1. The van der Waals surface area contributed by atoms with E-state index in [0.717, 1.165) is 38.7 Å². The van der Waals surface area contributed by atoms with Gasteiger partial charge in [-0.3, -0.25) is 4.79 Å². The third kappa shape index (κ3) is 3.68. The zero-order valence-electron chi connectivity index (χ0n) is 21.6. The molecule has 0 saturated heterocycles. The Morgan fingerprint density at radius 3 is 2.55 bits per heavy atom. The number of nitrogens with zero attached hydrogens (tertiary/aromatic N) is 4. The molecule has 40 heavy (non-hydrogen) atoms. The number of hydrogen-bond donors (Lipinski definition) is 2. The second kappa shape index (κ2) is 9.07. The van der Waals surface area contributed by atoms with Gasteiger partial charge in [-0.15, -0.1) is 0 Å². The van der Waals surface area contributed by atoms with Crippen molar-refractivity contribution in [3.8, 4) is 22.9 Å². The smallest absolute Gasteiger partial charge is 0.298 e. The van der Waals surface area contributed by atoms with E-state index in [1.165, 1.54) is 11.0 Å². The van der Waals surface area contributed by atoms with Gasteiger partial charge in [0, 0.05) is 21.5 Å². The molecule has 0 saturated carbocycles. The number of anilines is 1. The number of nitrogens with two attached hydrogens (primary N) is 1. The van der Waals surface area contributed by atoms with Crippen LogP contribution in [0.3, 0.4) is 0 Å². The number of aromatic nitrogens is 5. The van der Waals surface area contributed by atoms with E-state index in [9.17, 15) is 4.79 Å². The molecule has 1 atom stereocenters. The lowest BCUT2D eigenvalue weighted by Gasteiger charge is -2.26. The summed E-state index contributed by atoms with van der Waals surface area (Å²) in [7, 11) is 0. The summed E-state index contributed by atoms with van der Waals surface area (Å²) in [5.74, 6) is 0.118. The monoisotopic (exact) mass is 546 g/mol. The quantitative estimate of drug-likeness (QED) is 0.257. The molecule has 196 valence electrons. The Hall–Kier alpha value is -4.95. The zero-order valence-corrected chi connectivity index (χ0v) is 22.4. The van der Waals surface area contributed by atoms with Crippen LogP contribution in [0.1, 0.15) is 44.4 Å². The first-order valence-corrected chi connectivity index (χ1v) is 13.1. The van der Waals surface area contributed by atoms with E-state index in [2.05, 4.69) is 21.0 Å². The van der Waals surface area contributed by atoms with E-state index in [1.54, 1.807) is 0 Å². The maximum Gasteiger partial charge on any atom is 0.298 e. The van der Waals surface area contributed by atoms with E-state index < -0.39 is 5.92 Å². The van der Waals surface area contributed by atoms with Crippen molar-refractivity contribution < 1.29 is 9.53 Å². The van der Waals surface area contributed by atoms with Crippen molar-refractivity contribution in [1.29, 1.82) is 0 Å². The second-order valence-electron chi connectivity index (χ2n) is 9.88. The first-order chi connectivity index (χ1) is 19.4. The van der Waals surface area contributed by atoms with Gasteiger partial charge in [0.1, 0.15) is 17.8 Å². The molecule has 0 bridgehead atoms. The van der Waals surface area contributed by atoms with Gasteiger partial charge in [0.2, 0.25) is 11.8 Å². The maximum absolute atomic E-state index is 14.4. The van der Waals surface area contributed by atoms with E-state index in [0.29, 0.717) is 33.7 Å². The van der Waals surface area contributed by atoms with Crippen LogP contribution in [-0.4, -0.2) is 30.6 Å². The van der Waals surface area contributed by atoms with Gasteiger partial charge >= 0.3 is 0 Å².